The fourth-order valence-corrected chi connectivity index (χ4v) is 0.462. The van der Waals surface area contributed by atoms with E-state index < -0.39 is 0 Å². The minimum Gasteiger partial charge on any atom is -0.488 e. The number of esters is 1. The van der Waals surface area contributed by atoms with Gasteiger partial charge in [0.1, 0.15) is 0 Å². The molecule has 0 atom stereocenters. The number of carbonyl (C=O) groups is 1. The molecule has 0 fully saturated rings. The molecule has 0 aromatic heterocycles. The van der Waals surface area contributed by atoms with Crippen LogP contribution in [0.15, 0.2) is 0 Å². The second-order valence-electron chi connectivity index (χ2n) is 2.27. The van der Waals surface area contributed by atoms with Crippen LogP contribution in [0.5, 0.6) is 0 Å². The molecule has 0 spiro atoms. The largest absolute Gasteiger partial charge is 0.488 e. The normalized spacial score (nSPS) is 8.27. The van der Waals surface area contributed by atoms with Crippen molar-refractivity contribution in [2.24, 2.45) is 0 Å². The number of carbonyl (C=O) groups excluding carboxylic acids is 1. The Morgan fingerprint density at radius 1 is 1.45 bits per heavy atom. The molecule has 0 saturated heterocycles. The first-order chi connectivity index (χ1) is 4.72. The van der Waals surface area contributed by atoms with E-state index in [1.165, 1.54) is 0 Å². The fraction of sp³-hybridized carbons (Fsp3) is 0.750. The van der Waals surface area contributed by atoms with Crippen molar-refractivity contribution in [3.63, 3.8) is 0 Å². The number of ether oxygens (including phenoxy) is 1. The summed E-state index contributed by atoms with van der Waals surface area (Å²) in [5, 5.41) is 0. The Balaban J connectivity index is 0. The zero-order valence-corrected chi connectivity index (χ0v) is 10.4. The molecule has 63 valence electrons. The molecule has 0 aliphatic rings. The first-order valence-corrected chi connectivity index (χ1v) is 3.71. The Labute approximate surface area is 94.0 Å². The predicted octanol–water partition coefficient (Wildman–Crippen LogP) is 1.94. The molecule has 0 bridgehead atoms. The Morgan fingerprint density at radius 3 is 2.36 bits per heavy atom. The SMILES string of the molecule is CCCOC(=O)[C-](C)CC.[Y]. The van der Waals surface area contributed by atoms with Crippen LogP contribution in [0.2, 0.25) is 0 Å². The van der Waals surface area contributed by atoms with Crippen LogP contribution in [0.4, 0.5) is 0 Å². The molecule has 0 aliphatic carbocycles. The van der Waals surface area contributed by atoms with Crippen molar-refractivity contribution in [1.29, 1.82) is 0 Å². The van der Waals surface area contributed by atoms with Gasteiger partial charge in [0.15, 0.2) is 5.97 Å². The van der Waals surface area contributed by atoms with E-state index in [0.717, 1.165) is 18.8 Å². The summed E-state index contributed by atoms with van der Waals surface area (Å²) in [7, 11) is 0. The Bertz CT molecular complexity index is 104. The molecule has 0 aromatic rings. The molecular formula is C8H15O2Y-. The van der Waals surface area contributed by atoms with Crippen LogP contribution in [0, 0.1) is 5.92 Å². The zero-order valence-electron chi connectivity index (χ0n) is 7.52. The third kappa shape index (κ3) is 6.83. The van der Waals surface area contributed by atoms with Crippen molar-refractivity contribution in [1.82, 2.24) is 0 Å². The summed E-state index contributed by atoms with van der Waals surface area (Å²) in [6.07, 6.45) is 1.67. The monoisotopic (exact) mass is 232 g/mol. The van der Waals surface area contributed by atoms with E-state index in [0.29, 0.717) is 6.61 Å². The Morgan fingerprint density at radius 2 is 2.00 bits per heavy atom. The van der Waals surface area contributed by atoms with E-state index in [9.17, 15) is 4.79 Å². The van der Waals surface area contributed by atoms with Crippen LogP contribution >= 0.6 is 0 Å². The minimum atomic E-state index is -0.149. The molecule has 3 heteroatoms. The zero-order chi connectivity index (χ0) is 7.98. The topological polar surface area (TPSA) is 26.3 Å². The van der Waals surface area contributed by atoms with Crippen LogP contribution in [0.1, 0.15) is 33.6 Å². The summed E-state index contributed by atoms with van der Waals surface area (Å²) in [5.74, 6) is 0.651. The van der Waals surface area contributed by atoms with Crippen molar-refractivity contribution in [2.75, 3.05) is 6.61 Å². The van der Waals surface area contributed by atoms with Crippen LogP contribution < -0.4 is 0 Å². The van der Waals surface area contributed by atoms with Crippen LogP contribution in [0.25, 0.3) is 0 Å². The van der Waals surface area contributed by atoms with Crippen molar-refractivity contribution in [2.45, 2.75) is 33.6 Å². The van der Waals surface area contributed by atoms with E-state index in [-0.39, 0.29) is 38.7 Å². The number of rotatable bonds is 4. The maximum atomic E-state index is 10.9. The van der Waals surface area contributed by atoms with Crippen LogP contribution in [-0.2, 0) is 42.2 Å². The molecule has 0 aromatic carbocycles. The fourth-order valence-electron chi connectivity index (χ4n) is 0.462. The molecule has 11 heavy (non-hydrogen) atoms. The van der Waals surface area contributed by atoms with E-state index >= 15 is 0 Å². The van der Waals surface area contributed by atoms with Gasteiger partial charge in [0, 0.05) is 32.7 Å². The summed E-state index contributed by atoms with van der Waals surface area (Å²) in [5.41, 5.74) is 0. The van der Waals surface area contributed by atoms with Gasteiger partial charge >= 0.3 is 0 Å². The average molecular weight is 232 g/mol. The summed E-state index contributed by atoms with van der Waals surface area (Å²) in [4.78, 5) is 10.9. The molecule has 0 amide bonds. The van der Waals surface area contributed by atoms with Gasteiger partial charge in [-0.1, -0.05) is 13.8 Å². The third-order valence-electron chi connectivity index (χ3n) is 1.32. The second kappa shape index (κ2) is 8.54. The molecule has 0 N–H and O–H groups in total. The third-order valence-corrected chi connectivity index (χ3v) is 1.32. The van der Waals surface area contributed by atoms with E-state index in [4.69, 9.17) is 4.74 Å². The maximum absolute atomic E-state index is 10.9. The minimum absolute atomic E-state index is 0. The van der Waals surface area contributed by atoms with Gasteiger partial charge in [0.2, 0.25) is 0 Å². The van der Waals surface area contributed by atoms with Gasteiger partial charge in [-0.3, -0.25) is 10.7 Å². The standard InChI is InChI=1S/C8H15O2.Y/c1-4-6-10-8(9)7(3)5-2;/h4-6H2,1-3H3;/q-1;. The van der Waals surface area contributed by atoms with Gasteiger partial charge < -0.3 is 4.74 Å². The summed E-state index contributed by atoms with van der Waals surface area (Å²) < 4.78 is 4.87. The Hall–Kier alpha value is 0.444. The molecule has 2 nitrogen and oxygen atoms in total. The quantitative estimate of drug-likeness (QED) is 0.547. The van der Waals surface area contributed by atoms with Gasteiger partial charge in [0.25, 0.3) is 0 Å². The average Bonchev–Trinajstić information content (AvgIpc) is 1.98. The second-order valence-corrected chi connectivity index (χ2v) is 2.27. The van der Waals surface area contributed by atoms with Crippen molar-refractivity contribution in [3.8, 4) is 0 Å². The van der Waals surface area contributed by atoms with Gasteiger partial charge in [-0.15, -0.1) is 0 Å². The molecule has 0 unspecified atom stereocenters. The summed E-state index contributed by atoms with van der Waals surface area (Å²) in [6, 6.07) is 0. The van der Waals surface area contributed by atoms with Crippen molar-refractivity contribution >= 4 is 5.97 Å². The van der Waals surface area contributed by atoms with Gasteiger partial charge in [0.05, 0.1) is 6.61 Å². The molecule has 0 rings (SSSR count). The van der Waals surface area contributed by atoms with Crippen molar-refractivity contribution < 1.29 is 42.2 Å². The van der Waals surface area contributed by atoms with Gasteiger partial charge in [-0.25, -0.2) is 0 Å². The van der Waals surface area contributed by atoms with Gasteiger partial charge in [-0.2, -0.15) is 13.3 Å². The summed E-state index contributed by atoms with van der Waals surface area (Å²) in [6.45, 7) is 6.27. The smallest absolute Gasteiger partial charge is 0.169 e. The summed E-state index contributed by atoms with van der Waals surface area (Å²) >= 11 is 0. The van der Waals surface area contributed by atoms with Crippen molar-refractivity contribution in [3.05, 3.63) is 5.92 Å². The van der Waals surface area contributed by atoms with Gasteiger partial charge in [-0.05, 0) is 6.42 Å². The predicted molar refractivity (Wildman–Crippen MR) is 40.5 cm³/mol. The first kappa shape index (κ1) is 14.0. The molecule has 0 aliphatic heterocycles. The molecule has 0 heterocycles. The first-order valence-electron chi connectivity index (χ1n) is 3.71. The van der Waals surface area contributed by atoms with E-state index in [1.54, 1.807) is 6.92 Å². The Kier molecular flexibility index (Phi) is 10.9. The number of hydrogen-bond acceptors (Lipinski definition) is 2. The maximum Gasteiger partial charge on any atom is 0.169 e. The van der Waals surface area contributed by atoms with Crippen LogP contribution in [0.3, 0.4) is 0 Å². The number of hydrogen-bond donors (Lipinski definition) is 0. The molecule has 0 saturated carbocycles. The van der Waals surface area contributed by atoms with E-state index in [2.05, 4.69) is 0 Å². The molecule has 1 radical (unpaired) electrons. The molecular weight excluding hydrogens is 217 g/mol. The van der Waals surface area contributed by atoms with E-state index in [1.807, 2.05) is 13.8 Å². The van der Waals surface area contributed by atoms with Crippen LogP contribution in [-0.4, -0.2) is 12.6 Å².